The third-order valence-corrected chi connectivity index (χ3v) is 2.77. The number of nitrogens with one attached hydrogen (secondary N) is 1. The molecule has 78 valence electrons. The van der Waals surface area contributed by atoms with E-state index in [4.69, 9.17) is 0 Å². The smallest absolute Gasteiger partial charge is 0.238 e. The molecule has 0 radical (unpaired) electrons. The van der Waals surface area contributed by atoms with E-state index in [-0.39, 0.29) is 5.75 Å². The molecular formula is C13H11N2O+. The Balaban J connectivity index is 2.26. The Hall–Kier alpha value is -2.29. The highest BCUT2D eigenvalue weighted by Gasteiger charge is 2.27. The Bertz CT molecular complexity index is 590. The van der Waals surface area contributed by atoms with Gasteiger partial charge in [0.2, 0.25) is 11.4 Å². The predicted molar refractivity (Wildman–Crippen MR) is 66.4 cm³/mol. The molecule has 0 bridgehead atoms. The Morgan fingerprint density at radius 3 is 2.62 bits per heavy atom. The van der Waals surface area contributed by atoms with Gasteiger partial charge in [0.15, 0.2) is 5.69 Å². The maximum absolute atomic E-state index is 9.78. The van der Waals surface area contributed by atoms with Crippen LogP contribution in [0.5, 0.6) is 5.75 Å². The first kappa shape index (κ1) is 8.97. The summed E-state index contributed by atoms with van der Waals surface area (Å²) in [6.45, 7) is 4.00. The quantitative estimate of drug-likeness (QED) is 0.443. The summed E-state index contributed by atoms with van der Waals surface area (Å²) < 4.78 is 1.82. The van der Waals surface area contributed by atoms with Crippen LogP contribution in [0.1, 0.15) is 0 Å². The van der Waals surface area contributed by atoms with Crippen molar-refractivity contribution in [3.8, 4) is 5.75 Å². The molecule has 0 atom stereocenters. The van der Waals surface area contributed by atoms with Crippen molar-refractivity contribution in [3.05, 3.63) is 42.5 Å². The molecule has 0 amide bonds. The van der Waals surface area contributed by atoms with E-state index in [1.807, 2.05) is 41.0 Å². The van der Waals surface area contributed by atoms with Crippen LogP contribution in [0, 0.1) is 0 Å². The highest BCUT2D eigenvalue weighted by Crippen LogP contribution is 2.43. The Labute approximate surface area is 93.3 Å². The zero-order chi connectivity index (χ0) is 11.1. The number of phenols is 1. The van der Waals surface area contributed by atoms with E-state index >= 15 is 0 Å². The summed E-state index contributed by atoms with van der Waals surface area (Å²) in [5, 5.41) is 13.0. The van der Waals surface area contributed by atoms with Crippen molar-refractivity contribution in [2.24, 2.45) is 0 Å². The second-order valence-electron chi connectivity index (χ2n) is 3.74. The van der Waals surface area contributed by atoms with Crippen molar-refractivity contribution in [2.45, 2.75) is 0 Å². The SMILES string of the molecule is C=[N+]1c2ccccc2Nc2c(O)cccc21. The lowest BCUT2D eigenvalue weighted by atomic mass is 10.1. The van der Waals surface area contributed by atoms with E-state index in [9.17, 15) is 5.11 Å². The molecule has 1 aliphatic rings. The van der Waals surface area contributed by atoms with Gasteiger partial charge in [0.05, 0.1) is 0 Å². The topological polar surface area (TPSA) is 35.3 Å². The number of para-hydroxylation sites is 3. The molecule has 0 spiro atoms. The monoisotopic (exact) mass is 211 g/mol. The van der Waals surface area contributed by atoms with Crippen LogP contribution in [0.2, 0.25) is 0 Å². The van der Waals surface area contributed by atoms with Crippen molar-refractivity contribution in [2.75, 3.05) is 5.32 Å². The number of nitrogens with zero attached hydrogens (tertiary/aromatic N) is 1. The average Bonchev–Trinajstić information content (AvgIpc) is 2.31. The lowest BCUT2D eigenvalue weighted by Crippen LogP contribution is -2.11. The van der Waals surface area contributed by atoms with Crippen LogP contribution >= 0.6 is 0 Å². The van der Waals surface area contributed by atoms with Gasteiger partial charge in [-0.15, -0.1) is 0 Å². The van der Waals surface area contributed by atoms with E-state index in [2.05, 4.69) is 12.0 Å². The normalized spacial score (nSPS) is 12.6. The number of anilines is 2. The molecule has 0 unspecified atom stereocenters. The van der Waals surface area contributed by atoms with Crippen LogP contribution < -0.4 is 9.89 Å². The molecule has 3 rings (SSSR count). The molecule has 1 heterocycles. The fraction of sp³-hybridized carbons (Fsp3) is 0. The van der Waals surface area contributed by atoms with Crippen molar-refractivity contribution < 1.29 is 5.11 Å². The fourth-order valence-electron chi connectivity index (χ4n) is 1.96. The summed E-state index contributed by atoms with van der Waals surface area (Å²) in [6, 6.07) is 13.3. The van der Waals surface area contributed by atoms with Gasteiger partial charge in [-0.1, -0.05) is 18.2 Å². The maximum atomic E-state index is 9.78. The minimum Gasteiger partial charge on any atom is -0.506 e. The molecule has 0 fully saturated rings. The molecule has 2 aromatic carbocycles. The first-order valence-electron chi connectivity index (χ1n) is 5.06. The van der Waals surface area contributed by atoms with Crippen LogP contribution in [-0.4, -0.2) is 11.8 Å². The van der Waals surface area contributed by atoms with Gasteiger partial charge in [0.1, 0.15) is 18.2 Å². The predicted octanol–water partition coefficient (Wildman–Crippen LogP) is 2.98. The standard InChI is InChI=1S/C13H10N2O/c1-15-10-6-3-2-5-9(10)14-13-11(15)7-4-8-12(13)16/h2-8,14H,1H2/p+1. The van der Waals surface area contributed by atoms with Gasteiger partial charge in [0.25, 0.3) is 0 Å². The highest BCUT2D eigenvalue weighted by atomic mass is 16.3. The minimum atomic E-state index is 0.237. The molecule has 16 heavy (non-hydrogen) atoms. The van der Waals surface area contributed by atoms with Gasteiger partial charge >= 0.3 is 0 Å². The second-order valence-corrected chi connectivity index (χ2v) is 3.74. The van der Waals surface area contributed by atoms with Gasteiger partial charge in [0, 0.05) is 12.1 Å². The van der Waals surface area contributed by atoms with Crippen LogP contribution in [0.3, 0.4) is 0 Å². The van der Waals surface area contributed by atoms with Gasteiger partial charge in [-0.2, -0.15) is 4.58 Å². The fourth-order valence-corrected chi connectivity index (χ4v) is 1.96. The number of phenolic OH excluding ortho intramolecular Hbond substituents is 1. The molecule has 3 heteroatoms. The zero-order valence-electron chi connectivity index (χ0n) is 8.64. The van der Waals surface area contributed by atoms with Crippen molar-refractivity contribution in [1.82, 2.24) is 4.58 Å². The molecular weight excluding hydrogens is 200 g/mol. The first-order valence-corrected chi connectivity index (χ1v) is 5.06. The molecule has 3 nitrogen and oxygen atoms in total. The van der Waals surface area contributed by atoms with E-state index in [1.54, 1.807) is 6.07 Å². The third kappa shape index (κ3) is 1.11. The molecule has 1 aliphatic heterocycles. The molecule has 0 saturated heterocycles. The number of hydrogen-bond donors (Lipinski definition) is 2. The van der Waals surface area contributed by atoms with Gasteiger partial charge in [-0.25, -0.2) is 0 Å². The van der Waals surface area contributed by atoms with E-state index in [0.29, 0.717) is 5.69 Å². The number of aromatic hydroxyl groups is 1. The zero-order valence-corrected chi connectivity index (χ0v) is 8.64. The lowest BCUT2D eigenvalue weighted by molar-refractivity contribution is 0.477. The number of rotatable bonds is 0. The van der Waals surface area contributed by atoms with Crippen molar-refractivity contribution in [1.29, 1.82) is 0 Å². The largest absolute Gasteiger partial charge is 0.506 e. The highest BCUT2D eigenvalue weighted by molar-refractivity contribution is 5.90. The van der Waals surface area contributed by atoms with Crippen LogP contribution in [-0.2, 0) is 0 Å². The summed E-state index contributed by atoms with van der Waals surface area (Å²) in [7, 11) is 0. The number of hydrogen-bond acceptors (Lipinski definition) is 2. The average molecular weight is 211 g/mol. The molecule has 0 aromatic heterocycles. The number of fused-ring (bicyclic) bond motifs is 2. The van der Waals surface area contributed by atoms with Gasteiger partial charge in [-0.3, -0.25) is 0 Å². The Morgan fingerprint density at radius 1 is 1.00 bits per heavy atom. The Kier molecular flexibility index (Phi) is 1.74. The van der Waals surface area contributed by atoms with E-state index < -0.39 is 0 Å². The lowest BCUT2D eigenvalue weighted by Gasteiger charge is -2.17. The molecule has 2 N–H and O–H groups in total. The molecule has 2 aromatic rings. The second kappa shape index (κ2) is 3.10. The maximum Gasteiger partial charge on any atom is 0.238 e. The summed E-state index contributed by atoms with van der Waals surface area (Å²) in [6.07, 6.45) is 0. The van der Waals surface area contributed by atoms with Crippen LogP contribution in [0.4, 0.5) is 22.7 Å². The van der Waals surface area contributed by atoms with Crippen LogP contribution in [0.25, 0.3) is 0 Å². The van der Waals surface area contributed by atoms with Gasteiger partial charge in [-0.05, 0) is 12.1 Å². The summed E-state index contributed by atoms with van der Waals surface area (Å²) in [4.78, 5) is 0. The summed E-state index contributed by atoms with van der Waals surface area (Å²) in [5.74, 6) is 0.237. The molecule has 0 saturated carbocycles. The number of benzene rings is 2. The van der Waals surface area contributed by atoms with Crippen molar-refractivity contribution >= 4 is 29.5 Å². The minimum absolute atomic E-state index is 0.237. The summed E-state index contributed by atoms with van der Waals surface area (Å²) in [5.41, 5.74) is 3.53. The first-order chi connectivity index (χ1) is 7.77. The summed E-state index contributed by atoms with van der Waals surface area (Å²) >= 11 is 0. The Morgan fingerprint density at radius 2 is 1.75 bits per heavy atom. The van der Waals surface area contributed by atoms with Crippen LogP contribution in [0.15, 0.2) is 42.5 Å². The van der Waals surface area contributed by atoms with Crippen molar-refractivity contribution in [3.63, 3.8) is 0 Å². The van der Waals surface area contributed by atoms with Gasteiger partial charge < -0.3 is 10.4 Å². The van der Waals surface area contributed by atoms with E-state index in [1.165, 1.54) is 0 Å². The molecule has 0 aliphatic carbocycles. The van der Waals surface area contributed by atoms with E-state index in [0.717, 1.165) is 17.1 Å². The third-order valence-electron chi connectivity index (χ3n) is 2.77.